The number of rotatable bonds is 4. The van der Waals surface area contributed by atoms with Gasteiger partial charge in [0, 0.05) is 31.2 Å². The first-order valence-electron chi connectivity index (χ1n) is 11.2. The number of likely N-dealkylation sites (tertiary alicyclic amines) is 1. The minimum Gasteiger partial charge on any atom is -0.491 e. The minimum absolute atomic E-state index is 0.00375. The van der Waals surface area contributed by atoms with Gasteiger partial charge >= 0.3 is 0 Å². The number of fused-ring (bicyclic) bond motifs is 1. The molecule has 1 unspecified atom stereocenters. The minimum atomic E-state index is -3.49. The lowest BCUT2D eigenvalue weighted by Gasteiger charge is -2.41. The molecule has 0 bridgehead atoms. The Morgan fingerprint density at radius 3 is 2.67 bits per heavy atom. The van der Waals surface area contributed by atoms with E-state index >= 15 is 0 Å². The van der Waals surface area contributed by atoms with Crippen LogP contribution in [0.1, 0.15) is 45.4 Å². The van der Waals surface area contributed by atoms with Crippen LogP contribution in [0.25, 0.3) is 0 Å². The third-order valence-corrected chi connectivity index (χ3v) is 9.20. The Kier molecular flexibility index (Phi) is 5.35. The van der Waals surface area contributed by atoms with Crippen LogP contribution in [0.2, 0.25) is 0 Å². The van der Waals surface area contributed by atoms with Crippen molar-refractivity contribution < 1.29 is 17.9 Å². The van der Waals surface area contributed by atoms with Gasteiger partial charge in [-0.05, 0) is 63.3 Å². The lowest BCUT2D eigenvalue weighted by Crippen LogP contribution is -2.46. The lowest BCUT2D eigenvalue weighted by atomic mass is 9.89. The number of nitrogens with zero attached hydrogens (tertiary/aromatic N) is 2. The molecule has 1 saturated heterocycles. The van der Waals surface area contributed by atoms with E-state index < -0.39 is 21.2 Å². The van der Waals surface area contributed by atoms with Gasteiger partial charge in [0.1, 0.15) is 23.2 Å². The predicted octanol–water partition coefficient (Wildman–Crippen LogP) is 3.50. The van der Waals surface area contributed by atoms with Crippen LogP contribution in [0, 0.1) is 5.92 Å². The van der Waals surface area contributed by atoms with Crippen molar-refractivity contribution >= 4 is 9.84 Å². The molecular formula is C23H30N2O4S. The molecule has 2 aliphatic carbocycles. The highest BCUT2D eigenvalue weighted by atomic mass is 32.2. The summed E-state index contributed by atoms with van der Waals surface area (Å²) < 4.78 is 38.1. The Bertz CT molecular complexity index is 946. The van der Waals surface area contributed by atoms with Gasteiger partial charge in [0.25, 0.3) is 0 Å². The Balaban J connectivity index is 1.19. The molecule has 0 radical (unpaired) electrons. The molecule has 0 spiro atoms. The number of aromatic nitrogens is 1. The molecule has 3 atom stereocenters. The molecule has 4 aliphatic rings. The number of sulfone groups is 1. The van der Waals surface area contributed by atoms with E-state index in [9.17, 15) is 8.42 Å². The molecular weight excluding hydrogens is 400 g/mol. The zero-order chi connectivity index (χ0) is 20.7. The molecule has 1 aromatic rings. The summed E-state index contributed by atoms with van der Waals surface area (Å²) in [5.74, 6) is 1.26. The van der Waals surface area contributed by atoms with E-state index in [2.05, 4.69) is 22.0 Å². The highest BCUT2D eigenvalue weighted by Crippen LogP contribution is 2.38. The Morgan fingerprint density at radius 2 is 2.00 bits per heavy atom. The van der Waals surface area contributed by atoms with Crippen molar-refractivity contribution in [2.45, 2.75) is 74.0 Å². The van der Waals surface area contributed by atoms with Gasteiger partial charge in [-0.25, -0.2) is 13.4 Å². The third kappa shape index (κ3) is 3.66. The second-order valence-corrected chi connectivity index (χ2v) is 11.2. The molecule has 6 nitrogen and oxygen atoms in total. The van der Waals surface area contributed by atoms with Gasteiger partial charge in [-0.3, -0.25) is 0 Å². The summed E-state index contributed by atoms with van der Waals surface area (Å²) >= 11 is 0. The summed E-state index contributed by atoms with van der Waals surface area (Å²) in [5, 5.41) is -0.581. The number of pyridine rings is 1. The zero-order valence-corrected chi connectivity index (χ0v) is 18.3. The largest absolute Gasteiger partial charge is 0.491 e. The van der Waals surface area contributed by atoms with Crippen LogP contribution in [-0.2, 0) is 14.6 Å². The smallest absolute Gasteiger partial charge is 0.205 e. The Morgan fingerprint density at radius 1 is 1.20 bits per heavy atom. The fourth-order valence-electron chi connectivity index (χ4n) is 4.96. The van der Waals surface area contributed by atoms with E-state index in [-0.39, 0.29) is 17.0 Å². The maximum Gasteiger partial charge on any atom is 0.205 e. The fraction of sp³-hybridized carbons (Fsp3) is 0.609. The number of piperidine rings is 1. The molecule has 162 valence electrons. The van der Waals surface area contributed by atoms with Crippen molar-refractivity contribution in [1.29, 1.82) is 0 Å². The molecule has 1 aromatic heterocycles. The van der Waals surface area contributed by atoms with Crippen LogP contribution >= 0.6 is 0 Å². The third-order valence-electron chi connectivity index (χ3n) is 7.11. The SMILES string of the molecule is C[C@H]1[C@H](C2C=CC(OC3CCN(C4CCC4)CC3)=CC2)Oc2cccnc2S1(=O)=O. The van der Waals surface area contributed by atoms with Gasteiger partial charge in [-0.1, -0.05) is 12.5 Å². The molecule has 2 fully saturated rings. The molecule has 0 amide bonds. The molecule has 3 heterocycles. The monoisotopic (exact) mass is 430 g/mol. The Hall–Kier alpha value is -1.86. The molecule has 5 rings (SSSR count). The van der Waals surface area contributed by atoms with Crippen LogP contribution in [0.15, 0.2) is 47.3 Å². The van der Waals surface area contributed by atoms with Gasteiger partial charge in [0.2, 0.25) is 9.84 Å². The maximum atomic E-state index is 12.9. The van der Waals surface area contributed by atoms with Gasteiger partial charge in [0.15, 0.2) is 10.8 Å². The normalized spacial score (nSPS) is 31.9. The maximum absolute atomic E-state index is 12.9. The average molecular weight is 431 g/mol. The lowest BCUT2D eigenvalue weighted by molar-refractivity contribution is 0.0219. The van der Waals surface area contributed by atoms with E-state index in [0.717, 1.165) is 37.7 Å². The fourth-order valence-corrected chi connectivity index (χ4v) is 6.53. The predicted molar refractivity (Wildman–Crippen MR) is 114 cm³/mol. The van der Waals surface area contributed by atoms with Crippen LogP contribution in [-0.4, -0.2) is 54.9 Å². The topological polar surface area (TPSA) is 68.7 Å². The van der Waals surface area contributed by atoms with Crippen LogP contribution < -0.4 is 4.74 Å². The van der Waals surface area contributed by atoms with Crippen molar-refractivity contribution in [1.82, 2.24) is 9.88 Å². The molecule has 0 aromatic carbocycles. The molecule has 30 heavy (non-hydrogen) atoms. The van der Waals surface area contributed by atoms with Crippen molar-refractivity contribution in [3.8, 4) is 5.75 Å². The molecule has 1 saturated carbocycles. The van der Waals surface area contributed by atoms with Gasteiger partial charge in [0.05, 0.1) is 0 Å². The van der Waals surface area contributed by atoms with Crippen LogP contribution in [0.4, 0.5) is 0 Å². The molecule has 0 N–H and O–H groups in total. The summed E-state index contributed by atoms with van der Waals surface area (Å²) in [6.07, 6.45) is 14.5. The first kappa shape index (κ1) is 20.1. The summed E-state index contributed by atoms with van der Waals surface area (Å²) in [5.41, 5.74) is 0. The van der Waals surface area contributed by atoms with Crippen LogP contribution in [0.5, 0.6) is 5.75 Å². The van der Waals surface area contributed by atoms with Gasteiger partial charge in [-0.2, -0.15) is 0 Å². The number of hydrogen-bond acceptors (Lipinski definition) is 6. The van der Waals surface area contributed by atoms with E-state index in [1.165, 1.54) is 25.5 Å². The van der Waals surface area contributed by atoms with Crippen LogP contribution in [0.3, 0.4) is 0 Å². The van der Waals surface area contributed by atoms with Crippen molar-refractivity contribution in [2.24, 2.45) is 5.92 Å². The molecule has 2 aliphatic heterocycles. The first-order valence-corrected chi connectivity index (χ1v) is 12.7. The zero-order valence-electron chi connectivity index (χ0n) is 17.4. The Labute approximate surface area is 178 Å². The highest BCUT2D eigenvalue weighted by molar-refractivity contribution is 7.92. The van der Waals surface area contributed by atoms with E-state index in [4.69, 9.17) is 9.47 Å². The summed E-state index contributed by atoms with van der Waals surface area (Å²) in [6, 6.07) is 4.21. The second kappa shape index (κ2) is 8.00. The van der Waals surface area contributed by atoms with Crippen molar-refractivity contribution in [3.63, 3.8) is 0 Å². The highest BCUT2D eigenvalue weighted by Gasteiger charge is 2.43. The van der Waals surface area contributed by atoms with Crippen molar-refractivity contribution in [2.75, 3.05) is 13.1 Å². The van der Waals surface area contributed by atoms with Gasteiger partial charge in [-0.15, -0.1) is 0 Å². The van der Waals surface area contributed by atoms with Gasteiger partial charge < -0.3 is 14.4 Å². The number of ether oxygens (including phenoxy) is 2. The molecule has 7 heteroatoms. The van der Waals surface area contributed by atoms with Crippen molar-refractivity contribution in [3.05, 3.63) is 42.3 Å². The quantitative estimate of drug-likeness (QED) is 0.728. The summed E-state index contributed by atoms with van der Waals surface area (Å²) in [7, 11) is -3.49. The van der Waals surface area contributed by atoms with E-state index in [1.54, 1.807) is 19.1 Å². The number of hydrogen-bond donors (Lipinski definition) is 0. The number of allylic oxidation sites excluding steroid dienone is 2. The van der Waals surface area contributed by atoms with E-state index in [0.29, 0.717) is 12.2 Å². The summed E-state index contributed by atoms with van der Waals surface area (Å²) in [4.78, 5) is 6.66. The average Bonchev–Trinajstić information content (AvgIpc) is 2.72. The second-order valence-electron chi connectivity index (χ2n) is 8.94. The van der Waals surface area contributed by atoms with E-state index in [1.807, 2.05) is 6.08 Å². The first-order chi connectivity index (χ1) is 14.5. The summed E-state index contributed by atoms with van der Waals surface area (Å²) in [6.45, 7) is 3.98. The standard InChI is InChI=1S/C23H30N2O4S/c1-16-22(29-21-6-3-13-24-23(21)30(16,26)27)17-7-9-19(10-8-17)28-20-11-14-25(15-12-20)18-4-2-5-18/h3,6-7,9-10,13,16-18,20,22H,2,4-5,8,11-12,14-15H2,1H3/t16-,17?,22+/m0/s1.